The summed E-state index contributed by atoms with van der Waals surface area (Å²) in [6, 6.07) is 3.64. The molecule has 2 atom stereocenters. The summed E-state index contributed by atoms with van der Waals surface area (Å²) in [5, 5.41) is 29.8. The van der Waals surface area contributed by atoms with Gasteiger partial charge in [0.2, 0.25) is 17.7 Å². The van der Waals surface area contributed by atoms with Crippen molar-refractivity contribution in [2.24, 2.45) is 11.7 Å². The summed E-state index contributed by atoms with van der Waals surface area (Å²) >= 11 is 0. The molecule has 2 aromatic heterocycles. The lowest BCUT2D eigenvalue weighted by Gasteiger charge is -2.25. The summed E-state index contributed by atoms with van der Waals surface area (Å²) < 4.78 is 7.04. The standard InChI is InChI=1S/C31H44N10O8/c1-4-5-15-49-30-39-25(32)24-26(40-30)41(31(48)38-24)16-18-8-10-19(11-9-18)35-27(45)20(7-6-14-34-29(33)47)36-28(46)23(17(2)3)37-21(42)12-13-22(43)44/h8-11,17,20,23H,4-7,12-16H2,1-3H3,(H,35,45)(H,36,46)(H,37,42)(H,38,48)(H,43,44)(H2,32,39,40)(H3,33,34,47)/t20-,23-/m0/s1. The Bertz CT molecular complexity index is 1630. The Morgan fingerprint density at radius 2 is 1.69 bits per heavy atom. The molecule has 1 aromatic carbocycles. The molecule has 0 saturated heterocycles. The molecule has 0 radical (unpaired) electrons. The van der Waals surface area contributed by atoms with E-state index in [9.17, 15) is 29.1 Å². The number of benzene rings is 1. The summed E-state index contributed by atoms with van der Waals surface area (Å²) in [5.74, 6) is -3.26. The van der Waals surface area contributed by atoms with Gasteiger partial charge >= 0.3 is 18.0 Å². The highest BCUT2D eigenvalue weighted by atomic mass is 16.5. The van der Waals surface area contributed by atoms with Crippen molar-refractivity contribution in [3.8, 4) is 12.0 Å². The van der Waals surface area contributed by atoms with Gasteiger partial charge in [-0.3, -0.25) is 23.7 Å². The Morgan fingerprint density at radius 1 is 0.980 bits per heavy atom. The third-order valence-corrected chi connectivity index (χ3v) is 7.31. The summed E-state index contributed by atoms with van der Waals surface area (Å²) in [5.41, 5.74) is 12.8. The number of rotatable bonds is 19. The van der Waals surface area contributed by atoms with Gasteiger partial charge in [0.1, 0.15) is 12.1 Å². The molecule has 10 N–H and O–H groups in total. The van der Waals surface area contributed by atoms with Crippen molar-refractivity contribution in [3.63, 3.8) is 0 Å². The van der Waals surface area contributed by atoms with Gasteiger partial charge in [0.25, 0.3) is 6.01 Å². The first-order valence-corrected chi connectivity index (χ1v) is 15.9. The predicted octanol–water partition coefficient (Wildman–Crippen LogP) is 1.22. The monoisotopic (exact) mass is 684 g/mol. The van der Waals surface area contributed by atoms with E-state index in [4.69, 9.17) is 21.3 Å². The second kappa shape index (κ2) is 18.0. The van der Waals surface area contributed by atoms with E-state index in [1.807, 2.05) is 6.92 Å². The molecule has 0 aliphatic carbocycles. The van der Waals surface area contributed by atoms with Gasteiger partial charge in [-0.05, 0) is 42.9 Å². The highest BCUT2D eigenvalue weighted by Gasteiger charge is 2.29. The van der Waals surface area contributed by atoms with Gasteiger partial charge < -0.3 is 47.7 Å². The molecule has 18 heteroatoms. The molecule has 3 aromatic rings. The Kier molecular flexibility index (Phi) is 13.9. The number of nitrogen functional groups attached to an aromatic ring is 1. The summed E-state index contributed by atoms with van der Waals surface area (Å²) in [6.07, 6.45) is 1.44. The fourth-order valence-electron chi connectivity index (χ4n) is 4.66. The Balaban J connectivity index is 1.73. The van der Waals surface area contributed by atoms with Crippen molar-refractivity contribution in [2.75, 3.05) is 24.2 Å². The zero-order chi connectivity index (χ0) is 36.1. The van der Waals surface area contributed by atoms with Gasteiger partial charge in [-0.25, -0.2) is 4.79 Å². The van der Waals surface area contributed by atoms with Crippen molar-refractivity contribution in [1.82, 2.24) is 35.5 Å². The minimum atomic E-state index is -1.15. The second-order valence-electron chi connectivity index (χ2n) is 11.6. The number of ether oxygens (including phenoxy) is 1. The molecular formula is C31H44N10O8. The highest BCUT2D eigenvalue weighted by Crippen LogP contribution is 2.26. The van der Waals surface area contributed by atoms with E-state index in [0.29, 0.717) is 18.7 Å². The fraction of sp³-hybridized carbons (Fsp3) is 0.484. The molecule has 5 amide bonds. The van der Waals surface area contributed by atoms with Crippen LogP contribution in [0.3, 0.4) is 0 Å². The zero-order valence-corrected chi connectivity index (χ0v) is 27.7. The van der Waals surface area contributed by atoms with Gasteiger partial charge in [0.05, 0.1) is 19.6 Å². The minimum Gasteiger partial charge on any atom is -0.481 e. The number of hydrogen-bond donors (Lipinski definition) is 8. The molecule has 3 rings (SSSR count). The lowest BCUT2D eigenvalue weighted by molar-refractivity contribution is -0.139. The quantitative estimate of drug-likeness (QED) is 0.0828. The molecule has 49 heavy (non-hydrogen) atoms. The SMILES string of the molecule is CCCCOc1nc(N)c2nc(O)n(Cc3ccc(NC(=O)[C@H](CCCNC(N)=O)NC(=O)[C@@H](NC(=O)CCC(=O)O)C(C)C)cc3)c2n1. The average Bonchev–Trinajstić information content (AvgIpc) is 3.35. The summed E-state index contributed by atoms with van der Waals surface area (Å²) in [6.45, 7) is 6.14. The summed E-state index contributed by atoms with van der Waals surface area (Å²) in [7, 11) is 0. The van der Waals surface area contributed by atoms with Crippen LogP contribution in [-0.2, 0) is 25.7 Å². The maximum Gasteiger partial charge on any atom is 0.320 e. The zero-order valence-electron chi connectivity index (χ0n) is 27.7. The molecule has 18 nitrogen and oxygen atoms in total. The van der Waals surface area contributed by atoms with Crippen LogP contribution in [0.5, 0.6) is 12.0 Å². The first-order chi connectivity index (χ1) is 23.3. The van der Waals surface area contributed by atoms with Crippen molar-refractivity contribution < 1.29 is 38.9 Å². The molecule has 0 bridgehead atoms. The number of nitrogens with zero attached hydrogens (tertiary/aromatic N) is 4. The van der Waals surface area contributed by atoms with Crippen molar-refractivity contribution in [3.05, 3.63) is 29.8 Å². The van der Waals surface area contributed by atoms with Crippen LogP contribution in [0.1, 0.15) is 64.9 Å². The van der Waals surface area contributed by atoms with Gasteiger partial charge in [0.15, 0.2) is 17.0 Å². The van der Waals surface area contributed by atoms with E-state index in [1.165, 1.54) is 4.57 Å². The number of nitrogens with one attached hydrogen (secondary N) is 4. The number of unbranched alkanes of at least 4 members (excludes halogenated alkanes) is 1. The van der Waals surface area contributed by atoms with E-state index in [1.54, 1.807) is 38.1 Å². The number of carboxylic acid groups (broad SMARTS) is 1. The molecule has 0 saturated carbocycles. The molecule has 0 aliphatic rings. The van der Waals surface area contributed by atoms with E-state index >= 15 is 0 Å². The highest BCUT2D eigenvalue weighted by molar-refractivity contribution is 5.98. The molecule has 0 unspecified atom stereocenters. The van der Waals surface area contributed by atoms with Crippen LogP contribution >= 0.6 is 0 Å². The lowest BCUT2D eigenvalue weighted by Crippen LogP contribution is -2.54. The van der Waals surface area contributed by atoms with Crippen molar-refractivity contribution >= 4 is 52.4 Å². The molecule has 0 fully saturated rings. The Hall–Kier alpha value is -5.68. The van der Waals surface area contributed by atoms with Gasteiger partial charge in [-0.2, -0.15) is 15.0 Å². The van der Waals surface area contributed by atoms with Crippen LogP contribution in [0.15, 0.2) is 24.3 Å². The number of carbonyl (C=O) groups is 5. The summed E-state index contributed by atoms with van der Waals surface area (Å²) in [4.78, 5) is 73.4. The maximum atomic E-state index is 13.4. The number of aromatic hydroxyl groups is 1. The van der Waals surface area contributed by atoms with Crippen molar-refractivity contribution in [2.45, 2.75) is 77.9 Å². The van der Waals surface area contributed by atoms with Crippen LogP contribution in [-0.4, -0.2) is 84.7 Å². The van der Waals surface area contributed by atoms with Crippen LogP contribution < -0.4 is 37.5 Å². The first kappa shape index (κ1) is 37.8. The topological polar surface area (TPSA) is 279 Å². The van der Waals surface area contributed by atoms with Crippen LogP contribution in [0.2, 0.25) is 0 Å². The van der Waals surface area contributed by atoms with Gasteiger partial charge in [-0.15, -0.1) is 0 Å². The molecule has 0 spiro atoms. The number of aromatic nitrogens is 4. The maximum absolute atomic E-state index is 13.4. The largest absolute Gasteiger partial charge is 0.481 e. The lowest BCUT2D eigenvalue weighted by atomic mass is 10.0. The number of anilines is 2. The van der Waals surface area contributed by atoms with Crippen LogP contribution in [0.25, 0.3) is 11.2 Å². The number of imidazole rings is 1. The Labute approximate surface area is 282 Å². The van der Waals surface area contributed by atoms with Gasteiger partial charge in [-0.1, -0.05) is 39.3 Å². The number of fused-ring (bicyclic) bond motifs is 1. The number of nitrogens with two attached hydrogens (primary N) is 2. The number of primary amides is 1. The first-order valence-electron chi connectivity index (χ1n) is 15.9. The third kappa shape index (κ3) is 11.5. The number of carboxylic acids is 1. The van der Waals surface area contributed by atoms with E-state index < -0.39 is 48.2 Å². The minimum absolute atomic E-state index is 0.0657. The molecule has 266 valence electrons. The van der Waals surface area contributed by atoms with Crippen LogP contribution in [0, 0.1) is 5.92 Å². The van der Waals surface area contributed by atoms with E-state index in [0.717, 1.165) is 18.4 Å². The van der Waals surface area contributed by atoms with Crippen LogP contribution in [0.4, 0.5) is 16.3 Å². The number of aliphatic carboxylic acids is 1. The normalized spacial score (nSPS) is 12.2. The number of carbonyl (C=O) groups excluding carboxylic acids is 4. The third-order valence-electron chi connectivity index (χ3n) is 7.31. The van der Waals surface area contributed by atoms with Crippen molar-refractivity contribution in [1.29, 1.82) is 0 Å². The smallest absolute Gasteiger partial charge is 0.320 e. The number of urea groups is 1. The van der Waals surface area contributed by atoms with E-state index in [2.05, 4.69) is 36.2 Å². The fourth-order valence-corrected chi connectivity index (χ4v) is 4.66. The second-order valence-corrected chi connectivity index (χ2v) is 11.6. The number of hydrogen-bond acceptors (Lipinski definition) is 11. The molecule has 2 heterocycles. The van der Waals surface area contributed by atoms with Gasteiger partial charge in [0, 0.05) is 18.7 Å². The Morgan fingerprint density at radius 3 is 2.33 bits per heavy atom. The average molecular weight is 685 g/mol. The molecular weight excluding hydrogens is 640 g/mol. The predicted molar refractivity (Wildman–Crippen MR) is 178 cm³/mol. The van der Waals surface area contributed by atoms with E-state index in [-0.39, 0.29) is 60.9 Å². The number of amides is 5. The molecule has 0 aliphatic heterocycles.